The molecule has 0 aromatic carbocycles. The van der Waals surface area contributed by atoms with Gasteiger partial charge in [0.1, 0.15) is 18.1 Å². The number of aliphatic hydroxyl groups is 9. The molecule has 0 saturated carbocycles. The Morgan fingerprint density at radius 1 is 0.850 bits per heavy atom. The summed E-state index contributed by atoms with van der Waals surface area (Å²) >= 11 is 0. The van der Waals surface area contributed by atoms with Crippen LogP contribution < -0.4 is 5.73 Å². The van der Waals surface area contributed by atoms with Gasteiger partial charge in [-0.3, -0.25) is 9.59 Å². The van der Waals surface area contributed by atoms with Crippen molar-refractivity contribution in [2.75, 3.05) is 0 Å². The number of allylic oxidation sites excluding steroid dienone is 6. The molecule has 0 aromatic rings. The van der Waals surface area contributed by atoms with E-state index in [2.05, 4.69) is 0 Å². The first-order valence-electron chi connectivity index (χ1n) is 21.0. The maximum atomic E-state index is 12.4. The Kier molecular flexibility index (Phi) is 23.3. The molecule has 2 fully saturated rings. The van der Waals surface area contributed by atoms with E-state index >= 15 is 0 Å². The minimum atomic E-state index is -2.18. The summed E-state index contributed by atoms with van der Waals surface area (Å²) in [5, 5.41) is 106. The summed E-state index contributed by atoms with van der Waals surface area (Å²) in [4.78, 5) is 24.8. The summed E-state index contributed by atoms with van der Waals surface area (Å²) in [6.45, 7) is 10.5. The number of esters is 1. The summed E-state index contributed by atoms with van der Waals surface area (Å²) in [7, 11) is 0. The topological polar surface area (TPSA) is 299 Å². The van der Waals surface area contributed by atoms with Crippen molar-refractivity contribution in [1.29, 1.82) is 0 Å². The Hall–Kier alpha value is -2.62. The largest absolute Gasteiger partial charge is 0.481 e. The SMILES string of the molecule is C/C=C/C=C/C=C/[C@@H](C[C@@H]1O[C@](O)(C[C@@H](O)CC[C@H](O)CC[C@@H](O)C[C@@H](O)CC(=O)O[C@@H](C)[C@H](C)[C@H](O)[C@@H](C)/C=C/C)C[C@H](O)[C@H]1C(=O)O)OC1OC(C)C(O)C(N)C1O. The van der Waals surface area contributed by atoms with Gasteiger partial charge in [0, 0.05) is 31.1 Å². The molecule has 18 atom stereocenters. The fraction of sp³-hybridized carbons (Fsp3) is 0.767. The molecule has 0 aliphatic carbocycles. The predicted octanol–water partition coefficient (Wildman–Crippen LogP) is 1.10. The van der Waals surface area contributed by atoms with Crippen molar-refractivity contribution in [2.45, 2.75) is 191 Å². The normalized spacial score (nSPS) is 32.5. The number of ether oxygens (including phenoxy) is 4. The van der Waals surface area contributed by atoms with Crippen molar-refractivity contribution < 1.29 is 79.6 Å². The van der Waals surface area contributed by atoms with Crippen LogP contribution in [0.4, 0.5) is 0 Å². The highest BCUT2D eigenvalue weighted by Gasteiger charge is 2.50. The Balaban J connectivity index is 1.96. The Labute approximate surface area is 353 Å². The van der Waals surface area contributed by atoms with Gasteiger partial charge in [-0.05, 0) is 59.8 Å². The van der Waals surface area contributed by atoms with Gasteiger partial charge in [-0.2, -0.15) is 0 Å². The quantitative estimate of drug-likeness (QED) is 0.0348. The molecule has 0 radical (unpaired) electrons. The third-order valence-corrected chi connectivity index (χ3v) is 11.3. The van der Waals surface area contributed by atoms with Gasteiger partial charge in [-0.15, -0.1) is 0 Å². The van der Waals surface area contributed by atoms with Gasteiger partial charge in [-0.25, -0.2) is 0 Å². The van der Waals surface area contributed by atoms with Crippen molar-refractivity contribution in [3.8, 4) is 0 Å². The van der Waals surface area contributed by atoms with Gasteiger partial charge in [-0.1, -0.05) is 62.5 Å². The molecular formula is C43H73NO16. The molecule has 2 aliphatic rings. The maximum Gasteiger partial charge on any atom is 0.311 e. The van der Waals surface area contributed by atoms with Crippen LogP contribution in [0, 0.1) is 17.8 Å². The van der Waals surface area contributed by atoms with Crippen LogP contribution in [0.3, 0.4) is 0 Å². The zero-order valence-corrected chi connectivity index (χ0v) is 35.8. The summed E-state index contributed by atoms with van der Waals surface area (Å²) in [6.07, 6.45) is -2.41. The predicted molar refractivity (Wildman–Crippen MR) is 220 cm³/mol. The number of nitrogens with two attached hydrogens (primary N) is 1. The third-order valence-electron chi connectivity index (χ3n) is 11.3. The van der Waals surface area contributed by atoms with Crippen molar-refractivity contribution in [2.24, 2.45) is 23.5 Å². The molecule has 2 rings (SSSR count). The number of hydrogen-bond donors (Lipinski definition) is 11. The van der Waals surface area contributed by atoms with Crippen molar-refractivity contribution in [3.63, 3.8) is 0 Å². The molecule has 2 aliphatic heterocycles. The van der Waals surface area contributed by atoms with Crippen LogP contribution >= 0.6 is 0 Å². The monoisotopic (exact) mass is 859 g/mol. The molecule has 0 aromatic heterocycles. The van der Waals surface area contributed by atoms with Gasteiger partial charge in [0.25, 0.3) is 0 Å². The van der Waals surface area contributed by atoms with E-state index < -0.39 is 122 Å². The van der Waals surface area contributed by atoms with Gasteiger partial charge < -0.3 is 75.7 Å². The van der Waals surface area contributed by atoms with Gasteiger partial charge >= 0.3 is 11.9 Å². The van der Waals surface area contributed by atoms with Gasteiger partial charge in [0.05, 0.1) is 73.5 Å². The van der Waals surface area contributed by atoms with E-state index in [0.29, 0.717) is 0 Å². The number of carboxylic acid groups (broad SMARTS) is 1. The number of aliphatic hydroxyl groups excluding tert-OH is 8. The summed E-state index contributed by atoms with van der Waals surface area (Å²) in [5.74, 6) is -6.28. The fourth-order valence-corrected chi connectivity index (χ4v) is 7.57. The number of carboxylic acids is 1. The van der Waals surface area contributed by atoms with E-state index in [-0.39, 0.29) is 56.8 Å². The molecule has 12 N–H and O–H groups in total. The lowest BCUT2D eigenvalue weighted by atomic mass is 9.83. The van der Waals surface area contributed by atoms with E-state index in [1.807, 2.05) is 32.9 Å². The molecule has 60 heavy (non-hydrogen) atoms. The van der Waals surface area contributed by atoms with E-state index in [9.17, 15) is 60.7 Å². The average molecular weight is 860 g/mol. The van der Waals surface area contributed by atoms with E-state index in [4.69, 9.17) is 24.7 Å². The van der Waals surface area contributed by atoms with E-state index in [1.54, 1.807) is 57.2 Å². The Morgan fingerprint density at radius 3 is 2.08 bits per heavy atom. The van der Waals surface area contributed by atoms with Crippen LogP contribution in [0.1, 0.15) is 99.3 Å². The molecule has 0 amide bonds. The second kappa shape index (κ2) is 26.1. The third kappa shape index (κ3) is 17.6. The minimum Gasteiger partial charge on any atom is -0.481 e. The molecule has 346 valence electrons. The van der Waals surface area contributed by atoms with Crippen LogP contribution in [-0.4, -0.2) is 154 Å². The van der Waals surface area contributed by atoms with Gasteiger partial charge in [0.2, 0.25) is 0 Å². The smallest absolute Gasteiger partial charge is 0.311 e. The highest BCUT2D eigenvalue weighted by molar-refractivity contribution is 5.71. The maximum absolute atomic E-state index is 12.4. The first-order valence-corrected chi connectivity index (χ1v) is 21.0. The van der Waals surface area contributed by atoms with Crippen molar-refractivity contribution in [1.82, 2.24) is 0 Å². The van der Waals surface area contributed by atoms with Crippen LogP contribution in [0.15, 0.2) is 48.6 Å². The second-order valence-electron chi connectivity index (χ2n) is 16.6. The Bertz CT molecular complexity index is 1390. The average Bonchev–Trinajstić information content (AvgIpc) is 3.15. The molecule has 2 heterocycles. The fourth-order valence-electron chi connectivity index (χ4n) is 7.57. The van der Waals surface area contributed by atoms with Crippen LogP contribution in [0.25, 0.3) is 0 Å². The second-order valence-corrected chi connectivity index (χ2v) is 16.6. The number of aliphatic carboxylic acids is 1. The van der Waals surface area contributed by atoms with E-state index in [0.717, 1.165) is 0 Å². The zero-order chi connectivity index (χ0) is 45.3. The molecule has 0 bridgehead atoms. The summed E-state index contributed by atoms with van der Waals surface area (Å²) in [6, 6.07) is -1.11. The molecule has 2 saturated heterocycles. The number of carbonyl (C=O) groups excluding carboxylic acids is 1. The summed E-state index contributed by atoms with van der Waals surface area (Å²) < 4.78 is 23.0. The lowest BCUT2D eigenvalue weighted by Gasteiger charge is -2.45. The first-order chi connectivity index (χ1) is 28.1. The van der Waals surface area contributed by atoms with Crippen LogP contribution in [0.2, 0.25) is 0 Å². The van der Waals surface area contributed by atoms with Crippen molar-refractivity contribution in [3.05, 3.63) is 48.6 Å². The molecule has 5 unspecified atom stereocenters. The highest BCUT2D eigenvalue weighted by Crippen LogP contribution is 2.38. The van der Waals surface area contributed by atoms with Crippen LogP contribution in [-0.2, 0) is 28.5 Å². The standard InChI is InChI=1S/C43H73NO16/c1-7-9-10-11-12-14-32(59-42-40(53)37(44)39(52)27(6)58-42)21-34-36(41(54)55)33(49)23-43(56,60-34)22-30(47)18-16-28(45)15-17-29(46)19-31(48)20-35(50)57-26(5)25(4)38(51)24(3)13-8-2/h7-14,24-34,36-40,42,45-49,51-53,56H,15-23,44H2,1-6H3,(H,54,55)/b9-7+,11-10+,13-8+,14-12+/t24-,25-,26-,27?,28+,29+,30-,31+,32-,33-,34-,36+,37?,38+,39?,40?,42?,43+/m0/s1. The molecular weight excluding hydrogens is 786 g/mol. The molecule has 17 nitrogen and oxygen atoms in total. The Morgan fingerprint density at radius 2 is 1.47 bits per heavy atom. The minimum absolute atomic E-state index is 0.0342. The molecule has 0 spiro atoms. The van der Waals surface area contributed by atoms with Crippen molar-refractivity contribution >= 4 is 11.9 Å². The first kappa shape index (κ1) is 53.5. The van der Waals surface area contributed by atoms with Crippen LogP contribution in [0.5, 0.6) is 0 Å². The lowest BCUT2D eigenvalue weighted by molar-refractivity contribution is -0.308. The van der Waals surface area contributed by atoms with E-state index in [1.165, 1.54) is 0 Å². The zero-order valence-electron chi connectivity index (χ0n) is 35.8. The number of rotatable bonds is 25. The number of carbonyl (C=O) groups is 2. The highest BCUT2D eigenvalue weighted by atomic mass is 16.7. The summed E-state index contributed by atoms with van der Waals surface area (Å²) in [5.41, 5.74) is 5.98. The molecule has 17 heteroatoms. The number of hydrogen-bond acceptors (Lipinski definition) is 16. The van der Waals surface area contributed by atoms with Gasteiger partial charge in [0.15, 0.2) is 12.1 Å². The lowest BCUT2D eigenvalue weighted by Crippen LogP contribution is -2.61.